The summed E-state index contributed by atoms with van der Waals surface area (Å²) in [4.78, 5) is 19.9. The fourth-order valence-electron chi connectivity index (χ4n) is 10.9. The first-order valence-electron chi connectivity index (χ1n) is 26.1. The number of benzene rings is 8. The summed E-state index contributed by atoms with van der Waals surface area (Å²) in [5, 5.41) is 6.38. The van der Waals surface area contributed by atoms with Crippen LogP contribution in [-0.4, -0.2) is 24.1 Å². The molecule has 0 aliphatic carbocycles. The zero-order valence-electron chi connectivity index (χ0n) is 45.1. The largest absolute Gasteiger partial charge is 0.457 e. The number of furan rings is 1. The van der Waals surface area contributed by atoms with Gasteiger partial charge in [-0.2, -0.15) is 0 Å². The maximum atomic E-state index is 9.21. The zero-order valence-corrected chi connectivity index (χ0v) is 45.1. The molecule has 12 aromatic rings. The quantitative estimate of drug-likeness (QED) is 0.161. The highest BCUT2D eigenvalue weighted by molar-refractivity contribution is 6.20. The van der Waals surface area contributed by atoms with Crippen LogP contribution in [0.25, 0.3) is 116 Å². The van der Waals surface area contributed by atoms with E-state index in [4.69, 9.17) is 19.4 Å². The molecule has 0 saturated carbocycles. The minimum atomic E-state index is -0.0968. The Bertz CT molecular complexity index is 4120. The van der Waals surface area contributed by atoms with Crippen molar-refractivity contribution in [2.24, 2.45) is 0 Å². The summed E-state index contributed by atoms with van der Waals surface area (Å²) < 4.78 is 12.0. The van der Waals surface area contributed by atoms with Crippen LogP contribution < -0.4 is 0 Å². The lowest BCUT2D eigenvalue weighted by molar-refractivity contribution is 0.590. The molecule has 0 spiro atoms. The third kappa shape index (κ3) is 7.89. The van der Waals surface area contributed by atoms with Gasteiger partial charge in [0, 0.05) is 38.1 Å². The molecule has 0 amide bonds. The van der Waals surface area contributed by atoms with E-state index >= 15 is 0 Å². The molecule has 7 nitrogen and oxygen atoms in total. The topological polar surface area (TPSA) is 66.0 Å². The summed E-state index contributed by atoms with van der Waals surface area (Å²) >= 11 is 0. The lowest BCUT2D eigenvalue weighted by atomic mass is 9.85. The van der Waals surface area contributed by atoms with E-state index in [-0.39, 0.29) is 21.7 Å². The van der Waals surface area contributed by atoms with Crippen molar-refractivity contribution in [1.82, 2.24) is 24.1 Å². The molecule has 0 radical (unpaired) electrons. The Morgan fingerprint density at radius 1 is 0.400 bits per heavy atom. The van der Waals surface area contributed by atoms with E-state index in [9.17, 15) is 6.57 Å². The molecule has 4 aromatic heterocycles. The van der Waals surface area contributed by atoms with Gasteiger partial charge in [0.2, 0.25) is 5.69 Å². The van der Waals surface area contributed by atoms with Crippen LogP contribution in [-0.2, 0) is 21.7 Å². The van der Waals surface area contributed by atoms with Crippen LogP contribution in [0.15, 0.2) is 162 Å². The molecule has 7 heteroatoms. The van der Waals surface area contributed by atoms with Crippen LogP contribution in [0.1, 0.15) is 105 Å². The summed E-state index contributed by atoms with van der Waals surface area (Å²) in [5.74, 6) is 1.62. The molecule has 0 saturated heterocycles. The van der Waals surface area contributed by atoms with Crippen LogP contribution in [0.2, 0.25) is 0 Å². The third-order valence-electron chi connectivity index (χ3n) is 15.2. The van der Waals surface area contributed by atoms with E-state index in [0.29, 0.717) is 34.3 Å². The lowest BCUT2D eigenvalue weighted by Gasteiger charge is -2.22. The normalized spacial score (nSPS) is 12.8. The molecule has 8 aromatic carbocycles. The molecular formula is C68H62N6O. The van der Waals surface area contributed by atoms with Gasteiger partial charge in [-0.25, -0.2) is 19.8 Å². The fourth-order valence-corrected chi connectivity index (χ4v) is 10.9. The van der Waals surface area contributed by atoms with Gasteiger partial charge >= 0.3 is 0 Å². The molecule has 0 atom stereocenters. The Labute approximate surface area is 439 Å². The van der Waals surface area contributed by atoms with Gasteiger partial charge in [0.1, 0.15) is 11.2 Å². The van der Waals surface area contributed by atoms with Crippen molar-refractivity contribution >= 4 is 71.2 Å². The highest BCUT2D eigenvalue weighted by atomic mass is 16.3. The molecule has 75 heavy (non-hydrogen) atoms. The monoisotopic (exact) mass is 978 g/mol. The van der Waals surface area contributed by atoms with E-state index < -0.39 is 0 Å². The minimum Gasteiger partial charge on any atom is -0.457 e. The Kier molecular flexibility index (Phi) is 10.7. The number of fused-ring (bicyclic) bond motifs is 9. The Morgan fingerprint density at radius 3 is 1.17 bits per heavy atom. The van der Waals surface area contributed by atoms with Crippen molar-refractivity contribution in [3.05, 3.63) is 191 Å². The number of para-hydroxylation sites is 1. The fraction of sp³-hybridized carbons (Fsp3) is 0.235. The Hall–Kier alpha value is -8.34. The van der Waals surface area contributed by atoms with E-state index in [0.717, 1.165) is 82.4 Å². The second-order valence-electron chi connectivity index (χ2n) is 24.5. The van der Waals surface area contributed by atoms with Gasteiger partial charge in [-0.3, -0.25) is 0 Å². The van der Waals surface area contributed by atoms with Gasteiger partial charge in [-0.05, 0) is 105 Å². The molecule has 4 heterocycles. The predicted octanol–water partition coefficient (Wildman–Crippen LogP) is 18.7. The molecule has 0 bridgehead atoms. The SMILES string of the molecule is [C-]#[N+]c1cc2oc3c(-c4nc(-c5ccccc5)nc(-c5ccccc5)n4)cccc3c2c(-n2c3ccc(C(C)(C)C)cc3c3cc(C(C)(C)C)ccc32)c1-n1c2ccc(C(C)(C)C)cc2c2cc(C(C)(C)C)ccc21. The zero-order chi connectivity index (χ0) is 52.5. The van der Waals surface area contributed by atoms with Crippen molar-refractivity contribution in [1.29, 1.82) is 0 Å². The summed E-state index contributed by atoms with van der Waals surface area (Å²) in [6.45, 7) is 36.5. The third-order valence-corrected chi connectivity index (χ3v) is 15.2. The number of aromatic nitrogens is 5. The van der Waals surface area contributed by atoms with Crippen LogP contribution in [0.5, 0.6) is 0 Å². The minimum absolute atomic E-state index is 0.0908. The highest BCUT2D eigenvalue weighted by Gasteiger charge is 2.31. The second-order valence-corrected chi connectivity index (χ2v) is 24.5. The van der Waals surface area contributed by atoms with Gasteiger partial charge in [-0.15, -0.1) is 0 Å². The van der Waals surface area contributed by atoms with Crippen molar-refractivity contribution in [3.63, 3.8) is 0 Å². The van der Waals surface area contributed by atoms with Crippen molar-refractivity contribution in [2.75, 3.05) is 0 Å². The van der Waals surface area contributed by atoms with Crippen LogP contribution in [0, 0.1) is 6.57 Å². The molecule has 0 aliphatic heterocycles. The summed E-state index contributed by atoms with van der Waals surface area (Å²) in [6, 6.07) is 56.1. The van der Waals surface area contributed by atoms with E-state index in [1.54, 1.807) is 0 Å². The van der Waals surface area contributed by atoms with Crippen molar-refractivity contribution in [2.45, 2.75) is 105 Å². The van der Waals surface area contributed by atoms with Gasteiger partial charge < -0.3 is 13.6 Å². The number of rotatable bonds is 5. The van der Waals surface area contributed by atoms with Gasteiger partial charge in [0.05, 0.1) is 51.0 Å². The van der Waals surface area contributed by atoms with Crippen LogP contribution in [0.3, 0.4) is 0 Å². The first-order valence-corrected chi connectivity index (χ1v) is 26.1. The van der Waals surface area contributed by atoms with E-state index in [1.807, 2.05) is 72.8 Å². The van der Waals surface area contributed by atoms with Gasteiger partial charge in [-0.1, -0.05) is 180 Å². The maximum absolute atomic E-state index is 9.21. The van der Waals surface area contributed by atoms with Gasteiger partial charge in [0.25, 0.3) is 0 Å². The number of nitrogens with zero attached hydrogens (tertiary/aromatic N) is 6. The summed E-state index contributed by atoms with van der Waals surface area (Å²) in [6.07, 6.45) is 0. The standard InChI is InChI=1S/C68H62N6O/c1-65(2,3)42-27-31-53-48(35-42)49-36-43(66(4,5)6)28-32-54(49)73(53)59-52(69-13)39-57-58(60(59)74-55-33-29-44(67(7,8)9)37-50(55)51-38-45(68(10,11)12)30-34-56(51)74)46-25-20-26-47(61(46)75-57)64-71-62(40-21-16-14-17-22-40)70-63(72-64)41-23-18-15-19-24-41/h14-39H,1-12H3. The average molecular weight is 979 g/mol. The summed E-state index contributed by atoms with van der Waals surface area (Å²) in [5.41, 5.74) is 14.6. The molecule has 0 fully saturated rings. The molecule has 12 rings (SSSR count). The predicted molar refractivity (Wildman–Crippen MR) is 313 cm³/mol. The Morgan fingerprint density at radius 2 is 0.787 bits per heavy atom. The second kappa shape index (κ2) is 16.8. The van der Waals surface area contributed by atoms with Crippen LogP contribution >= 0.6 is 0 Å². The van der Waals surface area contributed by atoms with Gasteiger partial charge in [0.15, 0.2) is 17.5 Å². The number of hydrogen-bond donors (Lipinski definition) is 0. The maximum Gasteiger partial charge on any atom is 0.216 e. The molecular weight excluding hydrogens is 917 g/mol. The van der Waals surface area contributed by atoms with Crippen molar-refractivity contribution < 1.29 is 4.42 Å². The summed E-state index contributed by atoms with van der Waals surface area (Å²) in [7, 11) is 0. The molecule has 0 unspecified atom stereocenters. The Balaban J connectivity index is 1.27. The molecule has 0 aliphatic rings. The van der Waals surface area contributed by atoms with Crippen molar-refractivity contribution in [3.8, 4) is 45.5 Å². The molecule has 0 N–H and O–H groups in total. The first-order chi connectivity index (χ1) is 35.7. The highest BCUT2D eigenvalue weighted by Crippen LogP contribution is 2.50. The average Bonchev–Trinajstić information content (AvgIpc) is 4.07. The van der Waals surface area contributed by atoms with Crippen LogP contribution in [0.4, 0.5) is 5.69 Å². The lowest BCUT2D eigenvalue weighted by Crippen LogP contribution is -2.11. The smallest absolute Gasteiger partial charge is 0.216 e. The molecule has 370 valence electrons. The van der Waals surface area contributed by atoms with E-state index in [1.165, 1.54) is 22.3 Å². The number of hydrogen-bond acceptors (Lipinski definition) is 4. The van der Waals surface area contributed by atoms with E-state index in [2.05, 4.69) is 182 Å². The first kappa shape index (κ1) is 47.7.